The zero-order valence-electron chi connectivity index (χ0n) is 15.5. The highest BCUT2D eigenvalue weighted by Crippen LogP contribution is 2.40. The number of carboxylic acids is 1. The third-order valence-electron chi connectivity index (χ3n) is 3.76. The number of hydrogen-bond donors (Lipinski definition) is 2. The number of methoxy groups -OCH3 is 4. The summed E-state index contributed by atoms with van der Waals surface area (Å²) < 4.78 is 20.8. The number of carbonyl (C=O) groups excluding carboxylic acids is 1. The van der Waals surface area contributed by atoms with Gasteiger partial charge in [-0.3, -0.25) is 4.79 Å². The molecule has 0 bridgehead atoms. The number of aromatic carboxylic acids is 1. The van der Waals surface area contributed by atoms with Gasteiger partial charge >= 0.3 is 5.97 Å². The van der Waals surface area contributed by atoms with E-state index in [2.05, 4.69) is 5.32 Å². The van der Waals surface area contributed by atoms with Gasteiger partial charge in [-0.2, -0.15) is 0 Å². The summed E-state index contributed by atoms with van der Waals surface area (Å²) in [7, 11) is 5.83. The highest BCUT2D eigenvalue weighted by atomic mass is 16.5. The number of amides is 1. The number of hydrogen-bond acceptors (Lipinski definition) is 6. The molecule has 27 heavy (non-hydrogen) atoms. The van der Waals surface area contributed by atoms with E-state index < -0.39 is 11.9 Å². The zero-order chi connectivity index (χ0) is 20.0. The van der Waals surface area contributed by atoms with E-state index in [1.807, 2.05) is 0 Å². The zero-order valence-corrected chi connectivity index (χ0v) is 15.5. The molecule has 0 aliphatic heterocycles. The van der Waals surface area contributed by atoms with Gasteiger partial charge in [0.1, 0.15) is 0 Å². The van der Waals surface area contributed by atoms with Crippen molar-refractivity contribution in [2.24, 2.45) is 0 Å². The first-order valence-corrected chi connectivity index (χ1v) is 7.91. The molecule has 0 aromatic heterocycles. The highest BCUT2D eigenvalue weighted by Gasteiger charge is 2.21. The van der Waals surface area contributed by atoms with Crippen molar-refractivity contribution in [3.05, 3.63) is 47.0 Å². The molecule has 2 rings (SSSR count). The van der Waals surface area contributed by atoms with Crippen LogP contribution in [0.25, 0.3) is 0 Å². The van der Waals surface area contributed by atoms with Crippen molar-refractivity contribution in [3.63, 3.8) is 0 Å². The predicted molar refractivity (Wildman–Crippen MR) is 98.2 cm³/mol. The molecule has 2 N–H and O–H groups in total. The molecule has 2 aromatic carbocycles. The number of nitrogens with one attached hydrogen (secondary N) is 1. The second kappa shape index (κ2) is 8.91. The standard InChI is InChI=1S/C19H21NO7/c1-24-10-11-7-12(19(22)23)9-13(8-11)20-18(21)14-5-6-15(25-2)17(27-4)16(14)26-3/h5-9H,10H2,1-4H3,(H,20,21)(H,22,23). The van der Waals surface area contributed by atoms with Crippen LogP contribution in [0.4, 0.5) is 5.69 Å². The van der Waals surface area contributed by atoms with Gasteiger partial charge in [-0.15, -0.1) is 0 Å². The lowest BCUT2D eigenvalue weighted by atomic mass is 10.1. The van der Waals surface area contributed by atoms with Gasteiger partial charge in [-0.05, 0) is 35.9 Å². The van der Waals surface area contributed by atoms with Crippen molar-refractivity contribution in [2.45, 2.75) is 6.61 Å². The average Bonchev–Trinajstić information content (AvgIpc) is 2.66. The number of carbonyl (C=O) groups is 2. The van der Waals surface area contributed by atoms with E-state index in [1.54, 1.807) is 12.1 Å². The number of benzene rings is 2. The summed E-state index contributed by atoms with van der Waals surface area (Å²) in [5, 5.41) is 11.9. The first kappa shape index (κ1) is 20.1. The Hall–Kier alpha value is -3.26. The summed E-state index contributed by atoms with van der Waals surface area (Å²) in [6.45, 7) is 0.212. The fraction of sp³-hybridized carbons (Fsp3) is 0.263. The van der Waals surface area contributed by atoms with Gasteiger partial charge in [0.15, 0.2) is 11.5 Å². The normalized spacial score (nSPS) is 10.2. The van der Waals surface area contributed by atoms with Gasteiger partial charge in [-0.1, -0.05) is 0 Å². The maximum absolute atomic E-state index is 12.7. The predicted octanol–water partition coefficient (Wildman–Crippen LogP) is 2.81. The number of carboxylic acid groups (broad SMARTS) is 1. The summed E-state index contributed by atoms with van der Waals surface area (Å²) in [4.78, 5) is 24.1. The quantitative estimate of drug-likeness (QED) is 0.731. The molecule has 144 valence electrons. The summed E-state index contributed by atoms with van der Waals surface area (Å²) in [6, 6.07) is 7.61. The van der Waals surface area contributed by atoms with E-state index >= 15 is 0 Å². The van der Waals surface area contributed by atoms with E-state index in [0.717, 1.165) is 0 Å². The van der Waals surface area contributed by atoms with E-state index in [0.29, 0.717) is 17.0 Å². The van der Waals surface area contributed by atoms with Crippen LogP contribution in [0.3, 0.4) is 0 Å². The Morgan fingerprint density at radius 1 is 0.963 bits per heavy atom. The molecular weight excluding hydrogens is 354 g/mol. The van der Waals surface area contributed by atoms with Crippen molar-refractivity contribution in [3.8, 4) is 17.2 Å². The molecule has 0 unspecified atom stereocenters. The fourth-order valence-electron chi connectivity index (χ4n) is 2.62. The van der Waals surface area contributed by atoms with Crippen LogP contribution in [0.15, 0.2) is 30.3 Å². The molecule has 0 saturated carbocycles. The van der Waals surface area contributed by atoms with Crippen LogP contribution >= 0.6 is 0 Å². The second-order valence-corrected chi connectivity index (χ2v) is 5.49. The number of rotatable bonds is 8. The first-order valence-electron chi connectivity index (χ1n) is 7.91. The summed E-state index contributed by atoms with van der Waals surface area (Å²) >= 11 is 0. The Morgan fingerprint density at radius 3 is 2.22 bits per heavy atom. The molecule has 0 aliphatic carbocycles. The van der Waals surface area contributed by atoms with Gasteiger partial charge < -0.3 is 29.4 Å². The molecule has 8 heteroatoms. The summed E-state index contributed by atoms with van der Waals surface area (Å²) in [5.74, 6) is -0.681. The Bertz CT molecular complexity index is 848. The minimum Gasteiger partial charge on any atom is -0.493 e. The maximum atomic E-state index is 12.7. The smallest absolute Gasteiger partial charge is 0.335 e. The lowest BCUT2D eigenvalue weighted by molar-refractivity contribution is 0.0696. The Kier molecular flexibility index (Phi) is 6.62. The van der Waals surface area contributed by atoms with E-state index in [-0.39, 0.29) is 29.2 Å². The molecule has 0 saturated heterocycles. The van der Waals surface area contributed by atoms with Crippen LogP contribution in [-0.2, 0) is 11.3 Å². The fourth-order valence-corrected chi connectivity index (χ4v) is 2.62. The van der Waals surface area contributed by atoms with Gasteiger partial charge in [-0.25, -0.2) is 4.79 Å². The third kappa shape index (κ3) is 4.48. The highest BCUT2D eigenvalue weighted by molar-refractivity contribution is 6.07. The molecule has 0 atom stereocenters. The minimum atomic E-state index is -1.10. The van der Waals surface area contributed by atoms with Crippen LogP contribution < -0.4 is 19.5 Å². The van der Waals surface area contributed by atoms with Crippen LogP contribution in [0.1, 0.15) is 26.3 Å². The van der Waals surface area contributed by atoms with Crippen LogP contribution in [0.5, 0.6) is 17.2 Å². The monoisotopic (exact) mass is 375 g/mol. The van der Waals surface area contributed by atoms with E-state index in [1.165, 1.54) is 46.6 Å². The molecule has 8 nitrogen and oxygen atoms in total. The van der Waals surface area contributed by atoms with Gasteiger partial charge in [0.05, 0.1) is 39.1 Å². The molecule has 0 spiro atoms. The number of ether oxygens (including phenoxy) is 4. The van der Waals surface area contributed by atoms with Crippen molar-refractivity contribution in [1.29, 1.82) is 0 Å². The van der Waals surface area contributed by atoms with Crippen LogP contribution in [0.2, 0.25) is 0 Å². The summed E-state index contributed by atoms with van der Waals surface area (Å²) in [5.41, 5.74) is 1.19. The van der Waals surface area contributed by atoms with Crippen LogP contribution in [0, 0.1) is 0 Å². The van der Waals surface area contributed by atoms with E-state index in [4.69, 9.17) is 18.9 Å². The molecular formula is C19H21NO7. The minimum absolute atomic E-state index is 0.0409. The molecule has 0 heterocycles. The second-order valence-electron chi connectivity index (χ2n) is 5.49. The SMILES string of the molecule is COCc1cc(NC(=O)c2ccc(OC)c(OC)c2OC)cc(C(=O)O)c1. The average molecular weight is 375 g/mol. The lowest BCUT2D eigenvalue weighted by Gasteiger charge is -2.16. The third-order valence-corrected chi connectivity index (χ3v) is 3.76. The topological polar surface area (TPSA) is 103 Å². The number of anilines is 1. The molecule has 0 aliphatic rings. The van der Waals surface area contributed by atoms with Gasteiger partial charge in [0.2, 0.25) is 5.75 Å². The Balaban J connectivity index is 2.41. The van der Waals surface area contributed by atoms with E-state index in [9.17, 15) is 14.7 Å². The van der Waals surface area contributed by atoms with Crippen molar-refractivity contribution in [1.82, 2.24) is 0 Å². The van der Waals surface area contributed by atoms with Crippen LogP contribution in [-0.4, -0.2) is 45.4 Å². The van der Waals surface area contributed by atoms with Crippen molar-refractivity contribution >= 4 is 17.6 Å². The maximum Gasteiger partial charge on any atom is 0.335 e. The summed E-state index contributed by atoms with van der Waals surface area (Å²) in [6.07, 6.45) is 0. The largest absolute Gasteiger partial charge is 0.493 e. The van der Waals surface area contributed by atoms with Crippen molar-refractivity contribution in [2.75, 3.05) is 33.8 Å². The first-order chi connectivity index (χ1) is 12.9. The molecule has 0 fully saturated rings. The molecule has 0 radical (unpaired) electrons. The Labute approximate surface area is 156 Å². The van der Waals surface area contributed by atoms with Gasteiger partial charge in [0, 0.05) is 12.8 Å². The molecule has 1 amide bonds. The molecule has 2 aromatic rings. The Morgan fingerprint density at radius 2 is 1.67 bits per heavy atom. The van der Waals surface area contributed by atoms with Gasteiger partial charge in [0.25, 0.3) is 5.91 Å². The lowest BCUT2D eigenvalue weighted by Crippen LogP contribution is -2.15. The van der Waals surface area contributed by atoms with Crippen molar-refractivity contribution < 1.29 is 33.6 Å².